The number of aromatic nitrogens is 5. The number of carbonyl (C=O) groups is 1. The Kier molecular flexibility index (Phi) is 2.91. The predicted molar refractivity (Wildman–Crippen MR) is 54.9 cm³/mol. The monoisotopic (exact) mass is 250 g/mol. The average Bonchev–Trinajstić information content (AvgIpc) is 2.87. The molecule has 10 nitrogen and oxygen atoms in total. The molecule has 2 aromatic heterocycles. The highest BCUT2D eigenvalue weighted by molar-refractivity contribution is 5.84. The van der Waals surface area contributed by atoms with Crippen LogP contribution in [0.15, 0.2) is 18.7 Å². The molecule has 0 spiro atoms. The highest BCUT2D eigenvalue weighted by Gasteiger charge is 2.14. The molecule has 2 aromatic rings. The molecule has 0 N–H and O–H groups in total. The molecule has 92 valence electrons. The van der Waals surface area contributed by atoms with E-state index >= 15 is 0 Å². The number of hydrogen-bond donors (Lipinski definition) is 0. The third-order valence-corrected chi connectivity index (χ3v) is 1.90. The van der Waals surface area contributed by atoms with E-state index in [9.17, 15) is 14.9 Å². The molecule has 2 heterocycles. The lowest BCUT2D eigenvalue weighted by molar-refractivity contribution is -0.385. The van der Waals surface area contributed by atoms with Crippen LogP contribution in [0.2, 0.25) is 0 Å². The number of methoxy groups -OCH3 is 1. The fourth-order valence-corrected chi connectivity index (χ4v) is 1.07. The van der Waals surface area contributed by atoms with Gasteiger partial charge in [0.1, 0.15) is 18.7 Å². The zero-order valence-electron chi connectivity index (χ0n) is 9.05. The molecule has 0 bridgehead atoms. The third kappa shape index (κ3) is 2.11. The van der Waals surface area contributed by atoms with E-state index < -0.39 is 10.9 Å². The van der Waals surface area contributed by atoms with Crippen LogP contribution in [0.3, 0.4) is 0 Å². The molecule has 0 radical (unpaired) electrons. The van der Waals surface area contributed by atoms with Crippen LogP contribution in [-0.4, -0.2) is 42.7 Å². The topological polar surface area (TPSA) is 126 Å². The van der Waals surface area contributed by atoms with Crippen molar-refractivity contribution in [3.05, 3.63) is 34.7 Å². The molecule has 0 aromatic carbocycles. The Morgan fingerprint density at radius 1 is 1.39 bits per heavy atom. The van der Waals surface area contributed by atoms with Crippen molar-refractivity contribution in [3.8, 4) is 5.95 Å². The van der Waals surface area contributed by atoms with Crippen molar-refractivity contribution in [1.29, 1.82) is 0 Å². The van der Waals surface area contributed by atoms with Crippen LogP contribution < -0.4 is 0 Å². The summed E-state index contributed by atoms with van der Waals surface area (Å²) in [4.78, 5) is 32.0. The molecule has 0 amide bonds. The summed E-state index contributed by atoms with van der Waals surface area (Å²) >= 11 is 0. The summed E-state index contributed by atoms with van der Waals surface area (Å²) in [6.07, 6.45) is 3.26. The van der Waals surface area contributed by atoms with Gasteiger partial charge in [0.15, 0.2) is 0 Å². The van der Waals surface area contributed by atoms with Crippen LogP contribution in [0, 0.1) is 10.1 Å². The smallest absolute Gasteiger partial charge is 0.377 e. The molecule has 0 aliphatic carbocycles. The summed E-state index contributed by atoms with van der Waals surface area (Å²) in [6.45, 7) is 0. The molecule has 18 heavy (non-hydrogen) atoms. The molecule has 2 rings (SSSR count). The van der Waals surface area contributed by atoms with Gasteiger partial charge in [-0.2, -0.15) is 4.68 Å². The Morgan fingerprint density at radius 2 is 2.06 bits per heavy atom. The largest absolute Gasteiger partial charge is 0.463 e. The molecule has 0 aliphatic heterocycles. The maximum absolute atomic E-state index is 11.1. The second-order valence-corrected chi connectivity index (χ2v) is 3.00. The van der Waals surface area contributed by atoms with Crippen LogP contribution in [-0.2, 0) is 4.74 Å². The van der Waals surface area contributed by atoms with Gasteiger partial charge in [0.25, 0.3) is 11.8 Å². The Hall–Kier alpha value is -2.91. The molecule has 0 aliphatic rings. The molecule has 0 saturated heterocycles. The van der Waals surface area contributed by atoms with Crippen molar-refractivity contribution in [2.24, 2.45) is 0 Å². The van der Waals surface area contributed by atoms with Crippen LogP contribution in [0.1, 0.15) is 10.6 Å². The molecular weight excluding hydrogens is 244 g/mol. The summed E-state index contributed by atoms with van der Waals surface area (Å²) in [5.74, 6) is -0.793. The van der Waals surface area contributed by atoms with Gasteiger partial charge in [-0.25, -0.2) is 19.7 Å². The maximum atomic E-state index is 11.1. The summed E-state index contributed by atoms with van der Waals surface area (Å²) in [5.41, 5.74) is -0.243. The second kappa shape index (κ2) is 4.53. The van der Waals surface area contributed by atoms with Crippen LogP contribution in [0.4, 0.5) is 5.69 Å². The van der Waals surface area contributed by atoms with Gasteiger partial charge < -0.3 is 4.74 Å². The predicted octanol–water partition coefficient (Wildman–Crippen LogP) is -0.248. The summed E-state index contributed by atoms with van der Waals surface area (Å²) in [7, 11) is 1.20. The van der Waals surface area contributed by atoms with E-state index in [-0.39, 0.29) is 17.5 Å². The Morgan fingerprint density at radius 3 is 2.61 bits per heavy atom. The molecule has 10 heteroatoms. The van der Waals surface area contributed by atoms with Crippen LogP contribution in [0.25, 0.3) is 5.95 Å². The molecular formula is C8H6N6O4. The zero-order valence-corrected chi connectivity index (χ0v) is 9.05. The van der Waals surface area contributed by atoms with Gasteiger partial charge in [0.2, 0.25) is 0 Å². The van der Waals surface area contributed by atoms with Crippen molar-refractivity contribution in [2.75, 3.05) is 7.11 Å². The van der Waals surface area contributed by atoms with Crippen molar-refractivity contribution >= 4 is 11.7 Å². The molecule has 0 saturated carbocycles. The van der Waals surface area contributed by atoms with Gasteiger partial charge in [0, 0.05) is 0 Å². The van der Waals surface area contributed by atoms with Gasteiger partial charge >= 0.3 is 11.7 Å². The van der Waals surface area contributed by atoms with Crippen LogP contribution >= 0.6 is 0 Å². The number of nitro groups is 1. The Labute approximate surface area is 99.4 Å². The highest BCUT2D eigenvalue weighted by Crippen LogP contribution is 2.07. The fourth-order valence-electron chi connectivity index (χ4n) is 1.07. The number of esters is 1. The minimum atomic E-state index is -0.698. The standard InChI is InChI=1S/C8H6N6O4/c1-18-7(15)6-11-4-13(12-6)8-9-2-5(3-10-8)14(16)17/h2-4H,1H3. The second-order valence-electron chi connectivity index (χ2n) is 3.00. The van der Waals surface area contributed by atoms with Crippen molar-refractivity contribution in [2.45, 2.75) is 0 Å². The minimum absolute atomic E-state index is 0.0586. The summed E-state index contributed by atoms with van der Waals surface area (Å²) < 4.78 is 5.54. The number of carbonyl (C=O) groups excluding carboxylic acids is 1. The van der Waals surface area contributed by atoms with Gasteiger partial charge in [-0.05, 0) is 0 Å². The zero-order chi connectivity index (χ0) is 13.1. The lowest BCUT2D eigenvalue weighted by Gasteiger charge is -1.96. The van der Waals surface area contributed by atoms with E-state index in [4.69, 9.17) is 0 Å². The van der Waals surface area contributed by atoms with Gasteiger partial charge in [-0.15, -0.1) is 5.10 Å². The molecule has 0 atom stereocenters. The van der Waals surface area contributed by atoms with Crippen molar-refractivity contribution < 1.29 is 14.5 Å². The number of rotatable bonds is 3. The summed E-state index contributed by atoms with van der Waals surface area (Å²) in [5, 5.41) is 14.2. The molecule has 0 unspecified atom stereocenters. The first kappa shape index (κ1) is 11.6. The number of nitrogens with zero attached hydrogens (tertiary/aromatic N) is 6. The minimum Gasteiger partial charge on any atom is -0.463 e. The molecule has 0 fully saturated rings. The average molecular weight is 250 g/mol. The van der Waals surface area contributed by atoms with E-state index in [0.717, 1.165) is 17.1 Å². The Bertz CT molecular complexity index is 592. The first-order valence-corrected chi connectivity index (χ1v) is 4.58. The van der Waals surface area contributed by atoms with E-state index in [0.29, 0.717) is 0 Å². The maximum Gasteiger partial charge on any atom is 0.377 e. The third-order valence-electron chi connectivity index (χ3n) is 1.90. The first-order valence-electron chi connectivity index (χ1n) is 4.58. The van der Waals surface area contributed by atoms with Crippen LogP contribution in [0.5, 0.6) is 0 Å². The number of hydrogen-bond acceptors (Lipinski definition) is 8. The Balaban J connectivity index is 2.29. The normalized spacial score (nSPS) is 10.1. The lowest BCUT2D eigenvalue weighted by atomic mass is 10.6. The van der Waals surface area contributed by atoms with Crippen molar-refractivity contribution in [1.82, 2.24) is 24.7 Å². The van der Waals surface area contributed by atoms with Crippen molar-refractivity contribution in [3.63, 3.8) is 0 Å². The van der Waals surface area contributed by atoms with E-state index in [1.807, 2.05) is 0 Å². The van der Waals surface area contributed by atoms with E-state index in [2.05, 4.69) is 24.8 Å². The lowest BCUT2D eigenvalue weighted by Crippen LogP contribution is -2.07. The highest BCUT2D eigenvalue weighted by atomic mass is 16.6. The van der Waals surface area contributed by atoms with Gasteiger partial charge in [-0.1, -0.05) is 0 Å². The summed E-state index contributed by atoms with van der Waals surface area (Å²) in [6, 6.07) is 0. The van der Waals surface area contributed by atoms with E-state index in [1.165, 1.54) is 13.4 Å². The van der Waals surface area contributed by atoms with Gasteiger partial charge in [0.05, 0.1) is 12.0 Å². The fraction of sp³-hybridized carbons (Fsp3) is 0.125. The quantitative estimate of drug-likeness (QED) is 0.414. The van der Waals surface area contributed by atoms with E-state index in [1.54, 1.807) is 0 Å². The van der Waals surface area contributed by atoms with Gasteiger partial charge in [-0.3, -0.25) is 10.1 Å². The first-order chi connectivity index (χ1) is 8.61. The SMILES string of the molecule is COC(=O)c1ncn(-c2ncc([N+](=O)[O-])cn2)n1. The number of ether oxygens (including phenoxy) is 1.